The normalized spacial score (nSPS) is 15.5. The molecule has 1 aliphatic heterocycles. The second-order valence-corrected chi connectivity index (χ2v) is 6.49. The number of urea groups is 1. The number of nitrogens with one attached hydrogen (secondary N) is 2. The third-order valence-corrected chi connectivity index (χ3v) is 4.94. The molecule has 4 rings (SSSR count). The minimum atomic E-state index is -0.308. The van der Waals surface area contributed by atoms with Gasteiger partial charge in [-0.25, -0.2) is 9.18 Å². The zero-order chi connectivity index (χ0) is 17.2. The van der Waals surface area contributed by atoms with Gasteiger partial charge in [-0.1, -0.05) is 18.2 Å². The molecule has 1 saturated heterocycles. The Morgan fingerprint density at radius 1 is 1.08 bits per heavy atom. The number of hydrogen-bond acceptors (Lipinski definition) is 1. The fraction of sp³-hybridized carbons (Fsp3) is 0.250. The Morgan fingerprint density at radius 2 is 1.80 bits per heavy atom. The van der Waals surface area contributed by atoms with E-state index in [-0.39, 0.29) is 11.8 Å². The van der Waals surface area contributed by atoms with Gasteiger partial charge < -0.3 is 15.2 Å². The van der Waals surface area contributed by atoms with E-state index in [1.54, 1.807) is 12.1 Å². The van der Waals surface area contributed by atoms with Crippen LogP contribution in [0.2, 0.25) is 0 Å². The average Bonchev–Trinajstić information content (AvgIpc) is 3.08. The van der Waals surface area contributed by atoms with E-state index in [1.807, 2.05) is 11.0 Å². The molecule has 0 saturated carbocycles. The lowest BCUT2D eigenvalue weighted by atomic mass is 9.89. The smallest absolute Gasteiger partial charge is 0.321 e. The molecule has 1 aromatic heterocycles. The van der Waals surface area contributed by atoms with Gasteiger partial charge in [-0.05, 0) is 54.7 Å². The molecule has 4 nitrogen and oxygen atoms in total. The number of fused-ring (bicyclic) bond motifs is 1. The standard InChI is InChI=1S/C20H20FN3O/c21-15-5-7-16(8-6-15)23-20(25)24-11-9-14(10-12-24)18-13-22-19-4-2-1-3-17(18)19/h1-8,13-14,22H,9-12H2,(H,23,25). The van der Waals surface area contributed by atoms with Gasteiger partial charge in [0.25, 0.3) is 0 Å². The molecule has 2 heterocycles. The van der Waals surface area contributed by atoms with Crippen molar-refractivity contribution in [2.45, 2.75) is 18.8 Å². The average molecular weight is 337 g/mol. The van der Waals surface area contributed by atoms with Gasteiger partial charge >= 0.3 is 6.03 Å². The van der Waals surface area contributed by atoms with E-state index >= 15 is 0 Å². The molecule has 3 aromatic rings. The maximum absolute atomic E-state index is 12.9. The summed E-state index contributed by atoms with van der Waals surface area (Å²) in [5.41, 5.74) is 3.12. The number of benzene rings is 2. The maximum atomic E-state index is 12.9. The largest absolute Gasteiger partial charge is 0.361 e. The van der Waals surface area contributed by atoms with Crippen molar-refractivity contribution in [3.8, 4) is 0 Å². The highest BCUT2D eigenvalue weighted by Crippen LogP contribution is 2.33. The molecular weight excluding hydrogens is 317 g/mol. The Labute approximate surface area is 145 Å². The van der Waals surface area contributed by atoms with Gasteiger partial charge in [0.15, 0.2) is 0 Å². The molecule has 0 aliphatic carbocycles. The van der Waals surface area contributed by atoms with Gasteiger partial charge in [-0.15, -0.1) is 0 Å². The molecule has 5 heteroatoms. The zero-order valence-electron chi connectivity index (χ0n) is 13.8. The van der Waals surface area contributed by atoms with E-state index in [2.05, 4.69) is 34.7 Å². The number of halogens is 1. The lowest BCUT2D eigenvalue weighted by Crippen LogP contribution is -2.40. The first-order valence-electron chi connectivity index (χ1n) is 8.58. The Balaban J connectivity index is 1.39. The van der Waals surface area contributed by atoms with Crippen LogP contribution in [0.4, 0.5) is 14.9 Å². The number of aromatic amines is 1. The summed E-state index contributed by atoms with van der Waals surface area (Å²) in [4.78, 5) is 17.5. The Kier molecular flexibility index (Phi) is 4.14. The SMILES string of the molecule is O=C(Nc1ccc(F)cc1)N1CCC(c2c[nH]c3ccccc23)CC1. The number of H-pyrrole nitrogens is 1. The lowest BCUT2D eigenvalue weighted by molar-refractivity contribution is 0.195. The molecule has 0 bridgehead atoms. The van der Waals surface area contributed by atoms with Crippen LogP contribution >= 0.6 is 0 Å². The van der Waals surface area contributed by atoms with E-state index < -0.39 is 0 Å². The predicted octanol–water partition coefficient (Wildman–Crippen LogP) is 4.72. The van der Waals surface area contributed by atoms with Crippen LogP contribution in [-0.2, 0) is 0 Å². The minimum absolute atomic E-state index is 0.121. The summed E-state index contributed by atoms with van der Waals surface area (Å²) < 4.78 is 12.9. The molecule has 25 heavy (non-hydrogen) atoms. The first kappa shape index (κ1) is 15.7. The summed E-state index contributed by atoms with van der Waals surface area (Å²) in [5, 5.41) is 4.11. The van der Waals surface area contributed by atoms with Crippen LogP contribution in [0.3, 0.4) is 0 Å². The van der Waals surface area contributed by atoms with E-state index in [1.165, 1.54) is 23.1 Å². The minimum Gasteiger partial charge on any atom is -0.361 e. The third-order valence-electron chi connectivity index (χ3n) is 4.94. The molecule has 2 aromatic carbocycles. The van der Waals surface area contributed by atoms with Gasteiger partial charge in [-0.3, -0.25) is 0 Å². The quantitative estimate of drug-likeness (QED) is 0.698. The highest BCUT2D eigenvalue weighted by atomic mass is 19.1. The fourth-order valence-electron chi connectivity index (χ4n) is 3.56. The summed E-state index contributed by atoms with van der Waals surface area (Å²) in [6.45, 7) is 1.44. The number of amides is 2. The third kappa shape index (κ3) is 3.22. The Bertz CT molecular complexity index is 879. The second-order valence-electron chi connectivity index (χ2n) is 6.49. The van der Waals surface area contributed by atoms with Crippen LogP contribution < -0.4 is 5.32 Å². The highest BCUT2D eigenvalue weighted by molar-refractivity contribution is 5.89. The Hall–Kier alpha value is -2.82. The van der Waals surface area contributed by atoms with Crippen molar-refractivity contribution in [3.63, 3.8) is 0 Å². The van der Waals surface area contributed by atoms with Crippen molar-refractivity contribution in [3.05, 3.63) is 66.1 Å². The molecule has 2 amide bonds. The lowest BCUT2D eigenvalue weighted by Gasteiger charge is -2.32. The summed E-state index contributed by atoms with van der Waals surface area (Å²) in [5.74, 6) is 0.156. The predicted molar refractivity (Wildman–Crippen MR) is 97.3 cm³/mol. The molecule has 0 radical (unpaired) electrons. The number of likely N-dealkylation sites (tertiary alicyclic amines) is 1. The van der Waals surface area contributed by atoms with Crippen molar-refractivity contribution in [2.24, 2.45) is 0 Å². The van der Waals surface area contributed by atoms with Crippen molar-refractivity contribution < 1.29 is 9.18 Å². The van der Waals surface area contributed by atoms with E-state index in [4.69, 9.17) is 0 Å². The number of anilines is 1. The molecule has 0 atom stereocenters. The van der Waals surface area contributed by atoms with Crippen LogP contribution in [0.5, 0.6) is 0 Å². The molecule has 0 spiro atoms. The van der Waals surface area contributed by atoms with Crippen LogP contribution in [0.1, 0.15) is 24.3 Å². The van der Waals surface area contributed by atoms with Crippen LogP contribution in [0.25, 0.3) is 10.9 Å². The van der Waals surface area contributed by atoms with E-state index in [9.17, 15) is 9.18 Å². The van der Waals surface area contributed by atoms with Crippen LogP contribution in [0, 0.1) is 5.82 Å². The number of hydrogen-bond donors (Lipinski definition) is 2. The summed E-state index contributed by atoms with van der Waals surface area (Å²) in [6, 6.07) is 14.0. The first-order valence-corrected chi connectivity index (χ1v) is 8.58. The van der Waals surface area contributed by atoms with Crippen LogP contribution in [0.15, 0.2) is 54.7 Å². The van der Waals surface area contributed by atoms with E-state index in [0.29, 0.717) is 11.6 Å². The number of carbonyl (C=O) groups excluding carboxylic acids is 1. The number of para-hydroxylation sites is 1. The van der Waals surface area contributed by atoms with E-state index in [0.717, 1.165) is 31.4 Å². The van der Waals surface area contributed by atoms with Crippen LogP contribution in [-0.4, -0.2) is 29.0 Å². The van der Waals surface area contributed by atoms with Gasteiger partial charge in [0.2, 0.25) is 0 Å². The number of rotatable bonds is 2. The summed E-state index contributed by atoms with van der Waals surface area (Å²) in [6.07, 6.45) is 3.99. The van der Waals surface area contributed by atoms with Gasteiger partial charge in [0.1, 0.15) is 5.82 Å². The van der Waals surface area contributed by atoms with Crippen molar-refractivity contribution >= 4 is 22.6 Å². The topological polar surface area (TPSA) is 48.1 Å². The van der Waals surface area contributed by atoms with Gasteiger partial charge in [-0.2, -0.15) is 0 Å². The molecule has 1 aliphatic rings. The Morgan fingerprint density at radius 3 is 2.56 bits per heavy atom. The number of nitrogens with zero attached hydrogens (tertiary/aromatic N) is 1. The summed E-state index contributed by atoms with van der Waals surface area (Å²) in [7, 11) is 0. The number of piperidine rings is 1. The van der Waals surface area contributed by atoms with Crippen molar-refractivity contribution in [2.75, 3.05) is 18.4 Å². The molecular formula is C20H20FN3O. The maximum Gasteiger partial charge on any atom is 0.321 e. The number of carbonyl (C=O) groups is 1. The first-order chi connectivity index (χ1) is 12.2. The highest BCUT2D eigenvalue weighted by Gasteiger charge is 2.25. The zero-order valence-corrected chi connectivity index (χ0v) is 13.8. The monoisotopic (exact) mass is 337 g/mol. The molecule has 1 fully saturated rings. The fourth-order valence-corrected chi connectivity index (χ4v) is 3.56. The molecule has 128 valence electrons. The van der Waals surface area contributed by atoms with Crippen molar-refractivity contribution in [1.29, 1.82) is 0 Å². The molecule has 0 unspecified atom stereocenters. The number of aromatic nitrogens is 1. The summed E-state index contributed by atoms with van der Waals surface area (Å²) >= 11 is 0. The van der Waals surface area contributed by atoms with Crippen molar-refractivity contribution in [1.82, 2.24) is 9.88 Å². The second kappa shape index (κ2) is 6.59. The molecule has 2 N–H and O–H groups in total. The van der Waals surface area contributed by atoms with Gasteiger partial charge in [0, 0.05) is 35.9 Å². The van der Waals surface area contributed by atoms with Gasteiger partial charge in [0.05, 0.1) is 0 Å².